The van der Waals surface area contributed by atoms with Crippen LogP contribution >= 0.6 is 34.8 Å². The minimum atomic E-state index is -3.81. The van der Waals surface area contributed by atoms with E-state index in [1.807, 2.05) is 38.1 Å². The highest BCUT2D eigenvalue weighted by molar-refractivity contribution is 7.90. The molecule has 3 aromatic rings. The summed E-state index contributed by atoms with van der Waals surface area (Å²) >= 11 is 19.1. The first-order chi connectivity index (χ1) is 21.6. The van der Waals surface area contributed by atoms with Crippen molar-refractivity contribution >= 4 is 62.4 Å². The van der Waals surface area contributed by atoms with E-state index in [-0.39, 0.29) is 40.2 Å². The van der Waals surface area contributed by atoms with Crippen molar-refractivity contribution in [1.82, 2.24) is 9.80 Å². The quantitative estimate of drug-likeness (QED) is 0.290. The second kappa shape index (κ2) is 12.7. The van der Waals surface area contributed by atoms with E-state index >= 15 is 4.79 Å². The lowest BCUT2D eigenvalue weighted by atomic mass is 9.71. The normalized spacial score (nSPS) is 23.3. The minimum absolute atomic E-state index is 0.0306. The molecule has 0 aliphatic carbocycles. The van der Waals surface area contributed by atoms with Crippen LogP contribution in [0.5, 0.6) is 5.75 Å². The van der Waals surface area contributed by atoms with Crippen molar-refractivity contribution in [2.75, 3.05) is 19.4 Å². The zero-order valence-electron chi connectivity index (χ0n) is 25.9. The van der Waals surface area contributed by atoms with E-state index in [0.29, 0.717) is 28.5 Å². The molecule has 1 saturated heterocycles. The maximum Gasteiger partial charge on any atom is 0.327 e. The summed E-state index contributed by atoms with van der Waals surface area (Å²) in [6.07, 6.45) is 2.87. The molecular formula is C33H35Cl3N4O5S. The number of likely N-dealkylation sites (tertiary alicyclic amines) is 1. The lowest BCUT2D eigenvalue weighted by Crippen LogP contribution is -2.62. The Kier molecular flexibility index (Phi) is 9.41. The number of amidine groups is 1. The third-order valence-corrected chi connectivity index (χ3v) is 11.1. The second-order valence-corrected chi connectivity index (χ2v) is 15.1. The number of aliphatic imine (C=N–C) groups is 1. The number of primary amides is 1. The molecule has 0 spiro atoms. The number of benzene rings is 3. The number of hydrogen-bond donors (Lipinski definition) is 1. The number of hydrogen-bond acceptors (Lipinski definition) is 6. The first-order valence-electron chi connectivity index (χ1n) is 14.8. The van der Waals surface area contributed by atoms with Crippen LogP contribution in [-0.4, -0.2) is 61.4 Å². The summed E-state index contributed by atoms with van der Waals surface area (Å²) in [6.45, 7) is 6.08. The van der Waals surface area contributed by atoms with E-state index in [9.17, 15) is 13.2 Å². The van der Waals surface area contributed by atoms with E-state index < -0.39 is 38.9 Å². The molecule has 2 aliphatic rings. The van der Waals surface area contributed by atoms with Crippen molar-refractivity contribution in [3.05, 3.63) is 92.4 Å². The number of halogens is 3. The molecule has 3 aromatic carbocycles. The van der Waals surface area contributed by atoms with Crippen molar-refractivity contribution in [2.24, 2.45) is 10.7 Å². The van der Waals surface area contributed by atoms with Crippen LogP contribution in [-0.2, 0) is 25.7 Å². The fourth-order valence-corrected chi connectivity index (χ4v) is 7.99. The van der Waals surface area contributed by atoms with Gasteiger partial charge in [0.25, 0.3) is 0 Å². The number of urea groups is 1. The number of ether oxygens (including phenoxy) is 1. The van der Waals surface area contributed by atoms with Crippen molar-refractivity contribution in [3.8, 4) is 5.75 Å². The summed E-state index contributed by atoms with van der Waals surface area (Å²) in [5.74, 6) is -0.237. The average Bonchev–Trinajstić information content (AvgIpc) is 3.25. The Bertz CT molecular complexity index is 1820. The molecule has 0 saturated carbocycles. The molecule has 2 heterocycles. The first kappa shape index (κ1) is 34.0. The van der Waals surface area contributed by atoms with Crippen molar-refractivity contribution in [1.29, 1.82) is 0 Å². The average molecular weight is 706 g/mol. The number of carbonyl (C=O) groups is 2. The zero-order chi connectivity index (χ0) is 33.6. The zero-order valence-corrected chi connectivity index (χ0v) is 29.0. The summed E-state index contributed by atoms with van der Waals surface area (Å²) in [5, 5.41) is 0.982. The van der Waals surface area contributed by atoms with Gasteiger partial charge in [0, 0.05) is 28.9 Å². The number of amides is 3. The molecule has 1 unspecified atom stereocenters. The van der Waals surface area contributed by atoms with E-state index in [1.54, 1.807) is 31.2 Å². The highest BCUT2D eigenvalue weighted by Crippen LogP contribution is 2.54. The Hall–Kier alpha value is -3.31. The third kappa shape index (κ3) is 5.85. The van der Waals surface area contributed by atoms with Gasteiger partial charge in [0.1, 0.15) is 28.7 Å². The Morgan fingerprint density at radius 1 is 0.978 bits per heavy atom. The highest BCUT2D eigenvalue weighted by atomic mass is 35.5. The lowest BCUT2D eigenvalue weighted by Gasteiger charge is -2.47. The van der Waals surface area contributed by atoms with Crippen LogP contribution in [0.2, 0.25) is 15.1 Å². The van der Waals surface area contributed by atoms with Crippen LogP contribution in [0, 0.1) is 0 Å². The largest absolute Gasteiger partial charge is 0.493 e. The molecular weight excluding hydrogens is 671 g/mol. The Morgan fingerprint density at radius 3 is 2.11 bits per heavy atom. The topological polar surface area (TPSA) is 122 Å². The SMILES string of the molecule is CCOc1cc(Cl)c(S(C)(=O)=O)cc1C1=N[C@@](C)(c2ccc(Cl)cc2)[C@@](C)(c2ccc(Cl)cc2)N1C(=O)N1CCCCC1C(N)=O. The van der Waals surface area contributed by atoms with Gasteiger partial charge in [-0.15, -0.1) is 0 Å². The third-order valence-electron chi connectivity index (χ3n) is 8.99. The number of sulfone groups is 1. The maximum absolute atomic E-state index is 15.1. The molecule has 13 heteroatoms. The van der Waals surface area contributed by atoms with Crippen molar-refractivity contribution < 1.29 is 22.7 Å². The summed E-state index contributed by atoms with van der Waals surface area (Å²) in [6, 6.07) is 15.7. The first-order valence-corrected chi connectivity index (χ1v) is 17.8. The van der Waals surface area contributed by atoms with Crippen molar-refractivity contribution in [2.45, 2.75) is 62.0 Å². The molecule has 0 aromatic heterocycles. The van der Waals surface area contributed by atoms with Crippen LogP contribution in [0.25, 0.3) is 0 Å². The fraction of sp³-hybridized carbons (Fsp3) is 0.364. The molecule has 0 radical (unpaired) electrons. The van der Waals surface area contributed by atoms with E-state index in [4.69, 9.17) is 50.3 Å². The fourth-order valence-electron chi connectivity index (χ4n) is 6.42. The second-order valence-electron chi connectivity index (χ2n) is 11.8. The standard InChI is InChI=1S/C33H35Cl3N4O5S/c1-5-45-27-19-25(36)28(46(4,43)44)18-24(27)30-38-32(2,20-9-13-22(34)14-10-20)33(3,21-11-15-23(35)16-12-21)40(30)31(42)39-17-7-6-8-26(39)29(37)41/h9-16,18-19,26H,5-8,17H2,1-4H3,(H2,37,41)/t26?,32-,33+/m0/s1. The van der Waals surface area contributed by atoms with Gasteiger partial charge in [-0.1, -0.05) is 59.1 Å². The Balaban J connectivity index is 1.88. The molecule has 1 fully saturated rings. The number of carbonyl (C=O) groups excluding carboxylic acids is 2. The van der Waals surface area contributed by atoms with Gasteiger partial charge in [0.2, 0.25) is 5.91 Å². The van der Waals surface area contributed by atoms with Crippen LogP contribution in [0.3, 0.4) is 0 Å². The summed E-state index contributed by atoms with van der Waals surface area (Å²) in [5.41, 5.74) is 5.02. The van der Waals surface area contributed by atoms with Crippen LogP contribution in [0.15, 0.2) is 70.6 Å². The van der Waals surface area contributed by atoms with Crippen LogP contribution < -0.4 is 10.5 Å². The summed E-state index contributed by atoms with van der Waals surface area (Å²) in [7, 11) is -3.81. The number of nitrogens with zero attached hydrogens (tertiary/aromatic N) is 3. The number of nitrogens with two attached hydrogens (primary N) is 1. The van der Waals surface area contributed by atoms with Gasteiger partial charge in [0.05, 0.1) is 22.1 Å². The molecule has 9 nitrogen and oxygen atoms in total. The molecule has 2 aliphatic heterocycles. The molecule has 0 bridgehead atoms. The maximum atomic E-state index is 15.1. The molecule has 5 rings (SSSR count). The van der Waals surface area contributed by atoms with Gasteiger partial charge in [-0.05, 0) is 81.5 Å². The van der Waals surface area contributed by atoms with Gasteiger partial charge in [0.15, 0.2) is 9.84 Å². The minimum Gasteiger partial charge on any atom is -0.493 e. The van der Waals surface area contributed by atoms with Gasteiger partial charge >= 0.3 is 6.03 Å². The monoisotopic (exact) mass is 704 g/mol. The van der Waals surface area contributed by atoms with Gasteiger partial charge in [-0.3, -0.25) is 14.7 Å². The van der Waals surface area contributed by atoms with Crippen LogP contribution in [0.1, 0.15) is 56.7 Å². The van der Waals surface area contributed by atoms with E-state index in [0.717, 1.165) is 18.2 Å². The lowest BCUT2D eigenvalue weighted by molar-refractivity contribution is -0.123. The predicted molar refractivity (Wildman–Crippen MR) is 181 cm³/mol. The Labute approximate surface area is 284 Å². The number of rotatable bonds is 7. The molecule has 46 heavy (non-hydrogen) atoms. The van der Waals surface area contributed by atoms with Gasteiger partial charge in [-0.2, -0.15) is 0 Å². The molecule has 2 N–H and O–H groups in total. The molecule has 3 atom stereocenters. The summed E-state index contributed by atoms with van der Waals surface area (Å²) in [4.78, 5) is 35.9. The van der Waals surface area contributed by atoms with E-state index in [1.165, 1.54) is 21.9 Å². The highest BCUT2D eigenvalue weighted by Gasteiger charge is 2.60. The molecule has 3 amide bonds. The predicted octanol–water partition coefficient (Wildman–Crippen LogP) is 6.80. The van der Waals surface area contributed by atoms with Gasteiger partial charge in [-0.25, -0.2) is 13.2 Å². The smallest absolute Gasteiger partial charge is 0.327 e. The van der Waals surface area contributed by atoms with E-state index in [2.05, 4.69) is 0 Å². The Morgan fingerprint density at radius 2 is 1.57 bits per heavy atom. The number of piperidine rings is 1. The van der Waals surface area contributed by atoms with Gasteiger partial charge < -0.3 is 15.4 Å². The van der Waals surface area contributed by atoms with Crippen molar-refractivity contribution in [3.63, 3.8) is 0 Å². The molecule has 244 valence electrons. The summed E-state index contributed by atoms with van der Waals surface area (Å²) < 4.78 is 31.8. The van der Waals surface area contributed by atoms with Crippen LogP contribution in [0.4, 0.5) is 4.79 Å².